The van der Waals surface area contributed by atoms with Gasteiger partial charge in [-0.05, 0) is 56.4 Å². The molecule has 0 fully saturated rings. The Morgan fingerprint density at radius 1 is 1.18 bits per heavy atom. The molecular weight excluding hydrogens is 376 g/mol. The number of hydrogen-bond acceptors (Lipinski definition) is 5. The molecule has 1 unspecified atom stereocenters. The Morgan fingerprint density at radius 2 is 1.96 bits per heavy atom. The van der Waals surface area contributed by atoms with Gasteiger partial charge in [-0.15, -0.1) is 11.3 Å². The van der Waals surface area contributed by atoms with Crippen molar-refractivity contribution in [1.82, 2.24) is 0 Å². The van der Waals surface area contributed by atoms with Crippen molar-refractivity contribution in [3.63, 3.8) is 0 Å². The second kappa shape index (κ2) is 7.75. The van der Waals surface area contributed by atoms with E-state index in [1.165, 1.54) is 33.1 Å². The highest BCUT2D eigenvalue weighted by Gasteiger charge is 2.32. The van der Waals surface area contributed by atoms with Crippen LogP contribution in [0.3, 0.4) is 0 Å². The molecule has 0 saturated heterocycles. The molecule has 4 rings (SSSR count). The van der Waals surface area contributed by atoms with Gasteiger partial charge in [-0.3, -0.25) is 14.5 Å². The van der Waals surface area contributed by atoms with Gasteiger partial charge in [0.2, 0.25) is 5.91 Å². The van der Waals surface area contributed by atoms with Gasteiger partial charge < -0.3 is 10.1 Å². The topological polar surface area (TPSA) is 75.7 Å². The van der Waals surface area contributed by atoms with Crippen LogP contribution in [0.2, 0.25) is 0 Å². The maximum Gasteiger partial charge on any atom is 0.349 e. The van der Waals surface area contributed by atoms with E-state index in [1.54, 1.807) is 31.2 Å². The number of anilines is 2. The molecule has 2 aromatic rings. The van der Waals surface area contributed by atoms with Crippen LogP contribution in [-0.4, -0.2) is 30.4 Å². The number of rotatable bonds is 3. The molecule has 0 spiro atoms. The summed E-state index contributed by atoms with van der Waals surface area (Å²) in [5.74, 6) is -1.16. The summed E-state index contributed by atoms with van der Waals surface area (Å²) in [5, 5.41) is 2.74. The van der Waals surface area contributed by atoms with Crippen molar-refractivity contribution in [2.75, 3.05) is 16.8 Å². The van der Waals surface area contributed by atoms with Gasteiger partial charge in [0.25, 0.3) is 5.91 Å². The Hall–Kier alpha value is -2.67. The lowest BCUT2D eigenvalue weighted by molar-refractivity contribution is -0.128. The summed E-state index contributed by atoms with van der Waals surface area (Å²) in [7, 11) is 0. The van der Waals surface area contributed by atoms with Gasteiger partial charge >= 0.3 is 5.97 Å². The Morgan fingerprint density at radius 3 is 2.82 bits per heavy atom. The first kappa shape index (κ1) is 18.7. The summed E-state index contributed by atoms with van der Waals surface area (Å²) in [5.41, 5.74) is 2.42. The van der Waals surface area contributed by atoms with Crippen LogP contribution in [0.25, 0.3) is 0 Å². The van der Waals surface area contributed by atoms with Crippen molar-refractivity contribution in [3.8, 4) is 0 Å². The summed E-state index contributed by atoms with van der Waals surface area (Å²) in [4.78, 5) is 40.6. The van der Waals surface area contributed by atoms with Gasteiger partial charge in [0.15, 0.2) is 6.10 Å². The second-order valence-corrected chi connectivity index (χ2v) is 8.29. The minimum atomic E-state index is -0.978. The third-order valence-electron chi connectivity index (χ3n) is 5.12. The number of esters is 1. The van der Waals surface area contributed by atoms with Crippen molar-refractivity contribution in [2.45, 2.75) is 45.1 Å². The van der Waals surface area contributed by atoms with Crippen LogP contribution in [0.15, 0.2) is 30.3 Å². The van der Waals surface area contributed by atoms with Crippen LogP contribution in [0.1, 0.15) is 46.3 Å². The quantitative estimate of drug-likeness (QED) is 0.634. The number of aryl methyl sites for hydroxylation is 2. The number of carbonyl (C=O) groups excluding carboxylic acids is 3. The van der Waals surface area contributed by atoms with Crippen molar-refractivity contribution in [3.05, 3.63) is 45.6 Å². The third-order valence-corrected chi connectivity index (χ3v) is 6.33. The van der Waals surface area contributed by atoms with Crippen LogP contribution in [0, 0.1) is 0 Å². The standard InChI is InChI=1S/C21H22N2O4S/c1-13(20(25)23-12-19(24)22-15-8-5-6-9-16(15)23)27-21(26)18-11-14-7-3-2-4-10-17(14)28-18/h5-6,8-9,11,13H,2-4,7,10,12H2,1H3,(H,22,24). The molecule has 1 aliphatic heterocycles. The summed E-state index contributed by atoms with van der Waals surface area (Å²) in [6.45, 7) is 1.46. The summed E-state index contributed by atoms with van der Waals surface area (Å²) in [6.07, 6.45) is 4.52. The minimum Gasteiger partial charge on any atom is -0.448 e. The van der Waals surface area contributed by atoms with Gasteiger partial charge in [0.05, 0.1) is 11.4 Å². The van der Waals surface area contributed by atoms with Gasteiger partial charge in [-0.2, -0.15) is 0 Å². The fourth-order valence-corrected chi connectivity index (χ4v) is 4.82. The van der Waals surface area contributed by atoms with Crippen molar-refractivity contribution in [2.24, 2.45) is 0 Å². The van der Waals surface area contributed by atoms with E-state index in [0.717, 1.165) is 25.7 Å². The van der Waals surface area contributed by atoms with Crippen molar-refractivity contribution < 1.29 is 19.1 Å². The van der Waals surface area contributed by atoms with Crippen LogP contribution >= 0.6 is 11.3 Å². The number of thiophene rings is 1. The predicted molar refractivity (Wildman–Crippen MR) is 108 cm³/mol. The highest BCUT2D eigenvalue weighted by molar-refractivity contribution is 7.14. The Labute approximate surface area is 167 Å². The highest BCUT2D eigenvalue weighted by Crippen LogP contribution is 2.31. The Kier molecular flexibility index (Phi) is 5.17. The number of carbonyl (C=O) groups is 3. The predicted octanol–water partition coefficient (Wildman–Crippen LogP) is 3.55. The monoisotopic (exact) mass is 398 g/mol. The first-order chi connectivity index (χ1) is 13.5. The molecule has 2 amide bonds. The number of ether oxygens (including phenoxy) is 1. The van der Waals surface area contributed by atoms with E-state index in [4.69, 9.17) is 4.74 Å². The van der Waals surface area contributed by atoms with E-state index >= 15 is 0 Å². The lowest BCUT2D eigenvalue weighted by atomic mass is 10.1. The molecule has 146 valence electrons. The molecule has 6 nitrogen and oxygen atoms in total. The summed E-state index contributed by atoms with van der Waals surface area (Å²) < 4.78 is 5.46. The van der Waals surface area contributed by atoms with Gasteiger partial charge in [-0.25, -0.2) is 4.79 Å². The summed E-state index contributed by atoms with van der Waals surface area (Å²) in [6, 6.07) is 9.00. The molecule has 2 heterocycles. The first-order valence-electron chi connectivity index (χ1n) is 9.56. The maximum absolute atomic E-state index is 12.9. The van der Waals surface area contributed by atoms with Crippen molar-refractivity contribution >= 4 is 40.5 Å². The average Bonchev–Trinajstić information content (AvgIpc) is 2.97. The number of para-hydroxylation sites is 2. The number of fused-ring (bicyclic) bond motifs is 2. The van der Waals surface area contributed by atoms with E-state index in [9.17, 15) is 14.4 Å². The smallest absolute Gasteiger partial charge is 0.349 e. The SMILES string of the molecule is CC(OC(=O)c1cc2c(s1)CCCCC2)C(=O)N1CC(=O)Nc2ccccc21. The fraction of sp³-hybridized carbons (Fsp3) is 0.381. The molecule has 1 aliphatic carbocycles. The number of nitrogens with zero attached hydrogens (tertiary/aromatic N) is 1. The zero-order valence-corrected chi connectivity index (χ0v) is 16.5. The van der Waals surface area contributed by atoms with Gasteiger partial charge in [0.1, 0.15) is 11.4 Å². The first-order valence-corrected chi connectivity index (χ1v) is 10.4. The molecule has 1 N–H and O–H groups in total. The largest absolute Gasteiger partial charge is 0.448 e. The normalized spacial score (nSPS) is 17.0. The van der Waals surface area contributed by atoms with Crippen molar-refractivity contribution in [1.29, 1.82) is 0 Å². The molecule has 7 heteroatoms. The molecule has 1 atom stereocenters. The highest BCUT2D eigenvalue weighted by atomic mass is 32.1. The molecule has 2 aliphatic rings. The molecule has 0 bridgehead atoms. The van der Waals surface area contributed by atoms with Crippen LogP contribution in [0.5, 0.6) is 0 Å². The number of nitrogens with one attached hydrogen (secondary N) is 1. The molecule has 0 saturated carbocycles. The molecule has 1 aromatic heterocycles. The average molecular weight is 398 g/mol. The van der Waals surface area contributed by atoms with Gasteiger partial charge in [-0.1, -0.05) is 18.6 Å². The maximum atomic E-state index is 12.9. The Balaban J connectivity index is 1.48. The molecule has 1 aromatic carbocycles. The Bertz CT molecular complexity index is 913. The van der Waals surface area contributed by atoms with E-state index in [0.29, 0.717) is 16.3 Å². The van der Waals surface area contributed by atoms with Crippen LogP contribution < -0.4 is 10.2 Å². The van der Waals surface area contributed by atoms with Crippen LogP contribution in [0.4, 0.5) is 11.4 Å². The number of amides is 2. The van der Waals surface area contributed by atoms with Crippen LogP contribution in [-0.2, 0) is 27.2 Å². The van der Waals surface area contributed by atoms with Gasteiger partial charge in [0, 0.05) is 4.88 Å². The fourth-order valence-electron chi connectivity index (χ4n) is 3.69. The molecular formula is C21H22N2O4S. The van der Waals surface area contributed by atoms with E-state index < -0.39 is 18.0 Å². The lowest BCUT2D eigenvalue weighted by Crippen LogP contribution is -2.47. The minimum absolute atomic E-state index is 0.0922. The van der Waals surface area contributed by atoms with E-state index in [2.05, 4.69) is 5.32 Å². The lowest BCUT2D eigenvalue weighted by Gasteiger charge is -2.30. The number of benzene rings is 1. The zero-order chi connectivity index (χ0) is 19.7. The second-order valence-electron chi connectivity index (χ2n) is 7.16. The third kappa shape index (κ3) is 3.67. The summed E-state index contributed by atoms with van der Waals surface area (Å²) >= 11 is 1.47. The molecule has 28 heavy (non-hydrogen) atoms. The number of hydrogen-bond donors (Lipinski definition) is 1. The van der Waals surface area contributed by atoms with E-state index in [-0.39, 0.29) is 12.5 Å². The molecule has 0 radical (unpaired) electrons. The zero-order valence-electron chi connectivity index (χ0n) is 15.7. The van der Waals surface area contributed by atoms with E-state index in [1.807, 2.05) is 6.07 Å².